The fourth-order valence-corrected chi connectivity index (χ4v) is 1.49. The molecule has 0 unspecified atom stereocenters. The normalized spacial score (nSPS) is 41.8. The molecule has 3 N–H and O–H groups in total. The lowest BCUT2D eigenvalue weighted by molar-refractivity contribution is -0.293. The van der Waals surface area contributed by atoms with Crippen molar-refractivity contribution in [2.75, 3.05) is 6.61 Å². The van der Waals surface area contributed by atoms with Crippen molar-refractivity contribution in [1.29, 1.82) is 0 Å². The van der Waals surface area contributed by atoms with Gasteiger partial charge in [0.2, 0.25) is 0 Å². The van der Waals surface area contributed by atoms with Gasteiger partial charge in [-0.15, -0.1) is 0 Å². The topological polar surface area (TPSA) is 79.2 Å². The first-order chi connectivity index (χ1) is 7.07. The highest BCUT2D eigenvalue weighted by Crippen LogP contribution is 2.21. The quantitative estimate of drug-likeness (QED) is 0.563. The fraction of sp³-hybridized carbons (Fsp3) is 1.00. The summed E-state index contributed by atoms with van der Waals surface area (Å²) < 4.78 is 10.5. The zero-order chi connectivity index (χ0) is 11.4. The Hall–Kier alpha value is -0.200. The van der Waals surface area contributed by atoms with E-state index in [1.54, 1.807) is 6.92 Å². The lowest BCUT2D eigenvalue weighted by atomic mass is 10.0. The number of unbranched alkanes of at least 4 members (excludes halogenated alkanes) is 1. The summed E-state index contributed by atoms with van der Waals surface area (Å²) in [5, 5.41) is 28.5. The van der Waals surface area contributed by atoms with E-state index >= 15 is 0 Å². The van der Waals surface area contributed by atoms with Crippen LogP contribution in [0.3, 0.4) is 0 Å². The van der Waals surface area contributed by atoms with E-state index in [1.165, 1.54) is 0 Å². The number of hydrogen-bond donors (Lipinski definition) is 3. The first kappa shape index (κ1) is 12.9. The van der Waals surface area contributed by atoms with Crippen molar-refractivity contribution >= 4 is 0 Å². The van der Waals surface area contributed by atoms with E-state index in [9.17, 15) is 15.3 Å². The highest BCUT2D eigenvalue weighted by atomic mass is 16.7. The molecule has 0 radical (unpaired) electrons. The third kappa shape index (κ3) is 3.12. The van der Waals surface area contributed by atoms with E-state index < -0.39 is 30.7 Å². The molecule has 1 aliphatic heterocycles. The van der Waals surface area contributed by atoms with Crippen molar-refractivity contribution in [3.8, 4) is 0 Å². The van der Waals surface area contributed by atoms with Gasteiger partial charge in [-0.1, -0.05) is 13.3 Å². The second kappa shape index (κ2) is 5.77. The van der Waals surface area contributed by atoms with Crippen molar-refractivity contribution in [3.63, 3.8) is 0 Å². The molecule has 0 aliphatic carbocycles. The molecule has 1 saturated heterocycles. The maximum Gasteiger partial charge on any atom is 0.186 e. The average Bonchev–Trinajstić information content (AvgIpc) is 2.23. The standard InChI is InChI=1S/C10H20O5/c1-3-4-5-14-10-9(13)8(12)7(11)6(2)15-10/h6-13H,3-5H2,1-2H3/t6-,7-,8+,9+,10-/m0/s1. The summed E-state index contributed by atoms with van der Waals surface area (Å²) in [6.45, 7) is 4.15. The molecule has 0 bridgehead atoms. The molecular formula is C10H20O5. The highest BCUT2D eigenvalue weighted by Gasteiger charge is 2.42. The molecule has 5 heteroatoms. The first-order valence-corrected chi connectivity index (χ1v) is 5.39. The van der Waals surface area contributed by atoms with E-state index in [0.717, 1.165) is 12.8 Å². The molecule has 0 spiro atoms. The number of ether oxygens (including phenoxy) is 2. The van der Waals surface area contributed by atoms with Crippen LogP contribution < -0.4 is 0 Å². The molecule has 0 aromatic rings. The van der Waals surface area contributed by atoms with Crippen LogP contribution in [0.2, 0.25) is 0 Å². The van der Waals surface area contributed by atoms with Crippen LogP contribution in [0.15, 0.2) is 0 Å². The first-order valence-electron chi connectivity index (χ1n) is 5.39. The molecule has 0 aromatic heterocycles. The predicted molar refractivity (Wildman–Crippen MR) is 53.2 cm³/mol. The minimum absolute atomic E-state index is 0.480. The van der Waals surface area contributed by atoms with Crippen molar-refractivity contribution in [1.82, 2.24) is 0 Å². The summed E-state index contributed by atoms with van der Waals surface area (Å²) in [6, 6.07) is 0. The zero-order valence-electron chi connectivity index (χ0n) is 9.17. The molecule has 5 atom stereocenters. The second-order valence-corrected chi connectivity index (χ2v) is 3.91. The number of aliphatic hydroxyl groups excluding tert-OH is 3. The molecular weight excluding hydrogens is 200 g/mol. The van der Waals surface area contributed by atoms with E-state index in [2.05, 4.69) is 0 Å². The minimum Gasteiger partial charge on any atom is -0.388 e. The van der Waals surface area contributed by atoms with Gasteiger partial charge in [0, 0.05) is 6.61 Å². The monoisotopic (exact) mass is 220 g/mol. The van der Waals surface area contributed by atoms with Gasteiger partial charge in [-0.3, -0.25) is 0 Å². The Balaban J connectivity index is 2.43. The Morgan fingerprint density at radius 1 is 1.13 bits per heavy atom. The van der Waals surface area contributed by atoms with Crippen LogP contribution in [-0.4, -0.2) is 52.6 Å². The smallest absolute Gasteiger partial charge is 0.186 e. The molecule has 0 saturated carbocycles. The molecule has 0 aromatic carbocycles. The van der Waals surface area contributed by atoms with Crippen LogP contribution in [0.1, 0.15) is 26.7 Å². The lowest BCUT2D eigenvalue weighted by Gasteiger charge is -2.38. The number of aliphatic hydroxyl groups is 3. The summed E-state index contributed by atoms with van der Waals surface area (Å²) in [5.41, 5.74) is 0. The van der Waals surface area contributed by atoms with Gasteiger partial charge in [-0.05, 0) is 13.3 Å². The summed E-state index contributed by atoms with van der Waals surface area (Å²) in [7, 11) is 0. The Morgan fingerprint density at radius 2 is 1.80 bits per heavy atom. The van der Waals surface area contributed by atoms with Crippen LogP contribution >= 0.6 is 0 Å². The van der Waals surface area contributed by atoms with Crippen LogP contribution in [0.4, 0.5) is 0 Å². The van der Waals surface area contributed by atoms with Crippen LogP contribution in [-0.2, 0) is 9.47 Å². The van der Waals surface area contributed by atoms with Gasteiger partial charge >= 0.3 is 0 Å². The third-order valence-electron chi connectivity index (χ3n) is 2.59. The molecule has 90 valence electrons. The van der Waals surface area contributed by atoms with Gasteiger partial charge < -0.3 is 24.8 Å². The SMILES string of the molecule is CCCCO[C@H]1O[C@@H](C)[C@H](O)[C@@H](O)[C@H]1O. The van der Waals surface area contributed by atoms with Gasteiger partial charge in [0.1, 0.15) is 18.3 Å². The Kier molecular flexibility index (Phi) is 4.95. The van der Waals surface area contributed by atoms with Gasteiger partial charge in [0.05, 0.1) is 6.10 Å². The minimum atomic E-state index is -1.21. The molecule has 1 fully saturated rings. The molecule has 1 heterocycles. The van der Waals surface area contributed by atoms with E-state index in [-0.39, 0.29) is 0 Å². The summed E-state index contributed by atoms with van der Waals surface area (Å²) in [5.74, 6) is 0. The molecule has 1 aliphatic rings. The largest absolute Gasteiger partial charge is 0.388 e. The summed E-state index contributed by atoms with van der Waals surface area (Å²) in [6.07, 6.45) is -2.97. The van der Waals surface area contributed by atoms with Gasteiger partial charge in [0.15, 0.2) is 6.29 Å². The van der Waals surface area contributed by atoms with E-state index in [0.29, 0.717) is 6.61 Å². The van der Waals surface area contributed by atoms with E-state index in [1.807, 2.05) is 6.92 Å². The summed E-state index contributed by atoms with van der Waals surface area (Å²) >= 11 is 0. The molecule has 15 heavy (non-hydrogen) atoms. The number of hydrogen-bond acceptors (Lipinski definition) is 5. The maximum absolute atomic E-state index is 9.56. The Bertz CT molecular complexity index is 187. The maximum atomic E-state index is 9.56. The molecule has 1 rings (SSSR count). The second-order valence-electron chi connectivity index (χ2n) is 3.91. The highest BCUT2D eigenvalue weighted by molar-refractivity contribution is 4.87. The average molecular weight is 220 g/mol. The van der Waals surface area contributed by atoms with Gasteiger partial charge in [0.25, 0.3) is 0 Å². The van der Waals surface area contributed by atoms with Crippen molar-refractivity contribution in [2.45, 2.75) is 57.4 Å². The van der Waals surface area contributed by atoms with Crippen molar-refractivity contribution in [3.05, 3.63) is 0 Å². The van der Waals surface area contributed by atoms with Crippen molar-refractivity contribution < 1.29 is 24.8 Å². The lowest BCUT2D eigenvalue weighted by Crippen LogP contribution is -2.57. The van der Waals surface area contributed by atoms with Gasteiger partial charge in [-0.2, -0.15) is 0 Å². The molecule has 5 nitrogen and oxygen atoms in total. The Labute approximate surface area is 89.6 Å². The fourth-order valence-electron chi connectivity index (χ4n) is 1.49. The number of rotatable bonds is 4. The van der Waals surface area contributed by atoms with Crippen LogP contribution in [0.5, 0.6) is 0 Å². The molecule has 0 amide bonds. The van der Waals surface area contributed by atoms with Gasteiger partial charge in [-0.25, -0.2) is 0 Å². The van der Waals surface area contributed by atoms with Crippen LogP contribution in [0, 0.1) is 0 Å². The predicted octanol–water partition coefficient (Wildman–Crippen LogP) is -0.369. The zero-order valence-corrected chi connectivity index (χ0v) is 9.17. The van der Waals surface area contributed by atoms with E-state index in [4.69, 9.17) is 9.47 Å². The van der Waals surface area contributed by atoms with Crippen LogP contribution in [0.25, 0.3) is 0 Å². The Morgan fingerprint density at radius 3 is 2.40 bits per heavy atom. The van der Waals surface area contributed by atoms with Crippen molar-refractivity contribution in [2.24, 2.45) is 0 Å². The summed E-state index contributed by atoms with van der Waals surface area (Å²) in [4.78, 5) is 0. The third-order valence-corrected chi connectivity index (χ3v) is 2.59.